The minimum atomic E-state index is -0.685. The molecule has 6 heterocycles. The molecule has 6 aromatic rings. The Balaban J connectivity index is 0.000000375. The van der Waals surface area contributed by atoms with E-state index in [4.69, 9.17) is 111 Å². The Hall–Kier alpha value is -5.46. The number of methoxy groups -OCH3 is 1. The Morgan fingerprint density at radius 2 is 0.634 bits per heavy atom. The predicted molar refractivity (Wildman–Crippen MR) is 474 cm³/mol. The summed E-state index contributed by atoms with van der Waals surface area (Å²) in [4.78, 5) is 111. The summed E-state index contributed by atoms with van der Waals surface area (Å²) >= 11 is 32.7. The molecule has 9 atom stereocenters. The summed E-state index contributed by atoms with van der Waals surface area (Å²) in [5, 5.41) is 25.6. The third kappa shape index (κ3) is 36.9. The number of amides is 1. The van der Waals surface area contributed by atoms with E-state index in [-0.39, 0.29) is 75.8 Å². The molecule has 3 aliphatic rings. The third-order valence-corrected chi connectivity index (χ3v) is 22.7. The summed E-state index contributed by atoms with van der Waals surface area (Å²) in [6.45, 7) is 14.7. The number of ketones is 6. The zero-order chi connectivity index (χ0) is 90.6. The van der Waals surface area contributed by atoms with Gasteiger partial charge in [-0.05, 0) is 211 Å². The number of aromatic nitrogens is 3. The molecule has 27 nitrogen and oxygen atoms in total. The molecule has 0 aliphatic carbocycles. The van der Waals surface area contributed by atoms with Gasteiger partial charge in [0.25, 0.3) is 11.9 Å². The zero-order valence-corrected chi connectivity index (χ0v) is 80.7. The number of carbonyl (C=O) groups is 9. The molecule has 0 unspecified atom stereocenters. The first-order valence-electron chi connectivity index (χ1n) is 41.1. The van der Waals surface area contributed by atoms with E-state index in [9.17, 15) is 43.2 Å². The van der Waals surface area contributed by atoms with Gasteiger partial charge < -0.3 is 165 Å². The second kappa shape index (κ2) is 63.5. The molecule has 0 saturated heterocycles. The van der Waals surface area contributed by atoms with Crippen LogP contribution in [0.5, 0.6) is 17.2 Å². The molecule has 3 aromatic carbocycles. The monoisotopic (exact) mass is 2060 g/mol. The molecule has 0 spiro atoms. The van der Waals surface area contributed by atoms with Gasteiger partial charge in [0.2, 0.25) is 17.3 Å². The molecule has 0 radical (unpaired) electrons. The van der Waals surface area contributed by atoms with Crippen LogP contribution in [-0.4, -0.2) is 210 Å². The van der Waals surface area contributed by atoms with Crippen molar-refractivity contribution in [2.24, 2.45) is 5.73 Å². The van der Waals surface area contributed by atoms with Crippen molar-refractivity contribution >= 4 is 128 Å². The van der Waals surface area contributed by atoms with Crippen LogP contribution in [0, 0.1) is 0 Å². The van der Waals surface area contributed by atoms with Crippen LogP contribution in [-0.2, 0) is 201 Å². The molecule has 36 heteroatoms. The van der Waals surface area contributed by atoms with Gasteiger partial charge in [-0.3, -0.25) is 28.8 Å². The predicted octanol–water partition coefficient (Wildman–Crippen LogP) is 12.8. The molecule has 1 amide bonds. The molecule has 0 saturated carbocycles. The molecule has 0 bridgehead atoms. The van der Waals surface area contributed by atoms with E-state index in [1.807, 2.05) is 91.0 Å². The number of benzene rings is 3. The molecule has 3 aliphatic heterocycles. The van der Waals surface area contributed by atoms with Crippen LogP contribution < -0.4 is 19.9 Å². The van der Waals surface area contributed by atoms with Crippen LogP contribution in [0.2, 0.25) is 0 Å². The Labute approximate surface area is 789 Å². The van der Waals surface area contributed by atoms with Crippen LogP contribution in [0.3, 0.4) is 0 Å². The standard InChI is InChI=1S/C30H41N3O5S2.C29H39N3O5S2.C28H38N4O4S2.3O.3Tc/c1-3-37-30(36)25(20-40)32-16-15-31-24(19-39)28(34)7-5-4-6-18-38-23-10-8-22(9-11-23)29(35)27-13-12-26-21(2)14-17-33(26)27;1-20-13-16-32-25(20)11-12-26(32)28(34)21-7-9-22(10-8-21)37-17-5-3-4-6-27(33)23(18-38)30-14-15-31-24(19-39)29(35)36-2;1-19-12-15-32-24(19)10-11-25(32)27(34)20-6-8-21(9-7-20)36-16-4-2-3-5-26(33)22(17-37)30-13-14-31-23(18-38)28(29)35;;;;;;/h8-13,21,24-25,39-40H,3-7,14-20H2,1-2H3;7-12,20,23-24,38-39H,3-6,13-19H2,1-2H3;6-11,19,22-23,37-38H,2-5,12-18H2,1H3,(H2,29,35);;;;;;/q3*-2;;;;3*+4/p-6/t21-,24-,25-;20-,23-,24-;19-,22-,23-;;;;;;/m000....../s1/i;;;;;;3*1+1. The topological polar surface area (TPSA) is 376 Å². The fraction of sp³-hybridized carbons (Fsp3) is 0.552. The first kappa shape index (κ1) is 110. The van der Waals surface area contributed by atoms with Crippen LogP contribution >= 0.6 is 0 Å². The number of hydrogen-bond acceptors (Lipinski definition) is 23. The van der Waals surface area contributed by atoms with E-state index in [2.05, 4.69) is 89.3 Å². The number of rotatable bonds is 55. The van der Waals surface area contributed by atoms with Crippen molar-refractivity contribution in [2.75, 3.05) is 107 Å². The van der Waals surface area contributed by atoms with Crippen LogP contribution in [0.1, 0.15) is 207 Å². The summed E-state index contributed by atoms with van der Waals surface area (Å²) in [5.41, 5.74) is 13.1. The van der Waals surface area contributed by atoms with Gasteiger partial charge in [0.1, 0.15) is 34.6 Å². The second-order valence-electron chi connectivity index (χ2n) is 29.1. The fourth-order valence-corrected chi connectivity index (χ4v) is 15.5. The fourth-order valence-electron chi connectivity index (χ4n) is 13.9. The first-order chi connectivity index (χ1) is 59.6. The van der Waals surface area contributed by atoms with Crippen LogP contribution in [0.15, 0.2) is 109 Å². The van der Waals surface area contributed by atoms with Gasteiger partial charge in [0.05, 0.1) is 50.6 Å². The summed E-state index contributed by atoms with van der Waals surface area (Å²) < 4.78 is 58.1. The molecule has 9 rings (SSSR count). The Morgan fingerprint density at radius 1 is 0.374 bits per heavy atom. The summed E-state index contributed by atoms with van der Waals surface area (Å²) in [6.07, 6.45) is 11.7. The second-order valence-corrected chi connectivity index (χ2v) is 31.1. The van der Waals surface area contributed by atoms with Crippen molar-refractivity contribution in [1.82, 2.24) is 13.7 Å². The third-order valence-electron chi connectivity index (χ3n) is 20.8. The van der Waals surface area contributed by atoms with E-state index in [0.29, 0.717) is 113 Å². The average molecular weight is 2060 g/mol. The minimum absolute atomic E-state index is 0.0268. The molecule has 0 fully saturated rings. The SMILES string of the molecule is CCOC(=O)[C@H](C[S-])[N-]CC[N-][C@@H](C[S-])C(=O)CCCCCOc1ccc(C(=O)c2ccc3n2CC[C@@H]3C)cc1.COC(=O)[C@H](C[S-])[N-]CC[N-][C@@H](C[S-])C(=O)CCCCCOc1ccc(C(=O)c2ccc3n2CC[C@@H]3C)cc1.C[C@H]1CCn2c(C(=O)c3ccc(OCCCCCC(=O)[C@H](C[S-])[N-]CC[N-][C@@H](C[S-])C(N)=O)cc3)ccc21.[O]=[99Tc+4].[O]=[99Tc+4].[O]=[99Tc+4]. The number of hydrogen-bond donors (Lipinski definition) is 1. The number of Topliss-reactive ketones (excluding diaryl/α,β-unsaturated/α-hetero) is 3. The van der Waals surface area contributed by atoms with Crippen molar-refractivity contribution in [3.05, 3.63) is 192 Å². The molecular formula is C87H112N10O17S6Tc3. The van der Waals surface area contributed by atoms with E-state index in [0.717, 1.165) is 188 Å². The number of primary amides is 1. The molecule has 3 aromatic heterocycles. The van der Waals surface area contributed by atoms with Gasteiger partial charge in [-0.2, -0.15) is 73.8 Å². The molecular weight excluding hydrogens is 1950 g/mol. The van der Waals surface area contributed by atoms with Gasteiger partial charge in [-0.25, -0.2) is 0 Å². The average Bonchev–Trinajstić information content (AvgIpc) is 1.65. The number of esters is 2. The molecule has 123 heavy (non-hydrogen) atoms. The van der Waals surface area contributed by atoms with Crippen molar-refractivity contribution in [1.29, 1.82) is 0 Å². The van der Waals surface area contributed by atoms with E-state index < -0.39 is 54.1 Å². The maximum atomic E-state index is 13.0. The van der Waals surface area contributed by atoms with E-state index >= 15 is 0 Å². The number of ether oxygens (including phenoxy) is 5. The number of nitrogens with zero attached hydrogens (tertiary/aromatic N) is 9. The number of unbranched alkanes of at least 4 members (excludes halogenated alkanes) is 6. The van der Waals surface area contributed by atoms with Crippen LogP contribution in [0.4, 0.5) is 0 Å². The van der Waals surface area contributed by atoms with Gasteiger partial charge in [-0.15, -0.1) is 0 Å². The van der Waals surface area contributed by atoms with Gasteiger partial charge in [0, 0.05) is 72.7 Å². The summed E-state index contributed by atoms with van der Waals surface area (Å²) in [7, 11) is 1.30. The van der Waals surface area contributed by atoms with Crippen LogP contribution in [0.25, 0.3) is 31.9 Å². The van der Waals surface area contributed by atoms with Gasteiger partial charge in [0.15, 0.2) is 5.91 Å². The first-order valence-corrected chi connectivity index (χ1v) is 46.8. The van der Waals surface area contributed by atoms with E-state index in [1.165, 1.54) is 24.2 Å². The number of nitrogens with two attached hydrogens (primary N) is 1. The Morgan fingerprint density at radius 3 is 0.886 bits per heavy atom. The van der Waals surface area contributed by atoms with Crippen molar-refractivity contribution in [2.45, 2.75) is 198 Å². The van der Waals surface area contributed by atoms with Crippen molar-refractivity contribution < 1.29 is 134 Å². The maximum absolute atomic E-state index is 13.0. The quantitative estimate of drug-likeness (QED) is 0.0160. The number of carbonyl (C=O) groups excluding carboxylic acids is 9. The zero-order valence-electron chi connectivity index (χ0n) is 70.3. The van der Waals surface area contributed by atoms with Gasteiger partial charge >= 0.3 is 67.1 Å². The Kier molecular flexibility index (Phi) is 56.7. The molecule has 669 valence electrons. The van der Waals surface area contributed by atoms with Gasteiger partial charge in [-0.1, -0.05) is 57.0 Å². The van der Waals surface area contributed by atoms with E-state index in [1.54, 1.807) is 6.92 Å². The summed E-state index contributed by atoms with van der Waals surface area (Å²) in [6, 6.07) is 30.2. The molecule has 2 N–H and O–H groups in total. The summed E-state index contributed by atoms with van der Waals surface area (Å²) in [5.74, 6) is 3.56. The van der Waals surface area contributed by atoms with Crippen molar-refractivity contribution in [3.8, 4) is 17.2 Å². The normalized spacial score (nSPS) is 15.3. The number of fused-ring (bicyclic) bond motifs is 3. The van der Waals surface area contributed by atoms with Crippen molar-refractivity contribution in [3.63, 3.8) is 0 Å². The Bertz CT molecular complexity index is 4170.